The van der Waals surface area contributed by atoms with Crippen LogP contribution in [0.4, 0.5) is 5.69 Å². The quantitative estimate of drug-likeness (QED) is 0.792. The molecule has 0 saturated heterocycles. The largest absolute Gasteiger partial charge is 0.398 e. The lowest BCUT2D eigenvalue weighted by molar-refractivity contribution is -0.120. The van der Waals surface area contributed by atoms with Crippen molar-refractivity contribution in [3.8, 4) is 0 Å². The van der Waals surface area contributed by atoms with Gasteiger partial charge in [0.25, 0.3) is 0 Å². The number of nitrogens with zero attached hydrogens (tertiary/aromatic N) is 1. The lowest BCUT2D eigenvalue weighted by Gasteiger charge is -2.21. The normalized spacial score (nSPS) is 11.7. The maximum absolute atomic E-state index is 12.7. The molecule has 0 aliphatic carbocycles. The fraction of sp³-hybridized carbons (Fsp3) is 0.500. The van der Waals surface area contributed by atoms with Crippen LogP contribution in [0.5, 0.6) is 0 Å². The number of nitrogens with two attached hydrogens (primary N) is 1. The molecule has 0 unspecified atom stereocenters. The van der Waals surface area contributed by atoms with E-state index in [1.54, 1.807) is 19.9 Å². The minimum Gasteiger partial charge on any atom is -0.398 e. The Labute approximate surface area is 126 Å². The summed E-state index contributed by atoms with van der Waals surface area (Å²) in [5.74, 6) is -0.200. The molecule has 0 aromatic heterocycles. The highest BCUT2D eigenvalue weighted by molar-refractivity contribution is 7.89. The number of carbonyl (C=O) groups excluding carboxylic acids is 1. The van der Waals surface area contributed by atoms with Crippen molar-refractivity contribution in [3.05, 3.63) is 22.8 Å². The van der Waals surface area contributed by atoms with E-state index in [-0.39, 0.29) is 23.8 Å². The fourth-order valence-corrected chi connectivity index (χ4v) is 3.78. The van der Waals surface area contributed by atoms with Gasteiger partial charge < -0.3 is 11.1 Å². The SMILES string of the molecule is CNC(=O)CCN(C)S(=O)(=O)c1c(C)c(C)cc(N)c1C. The standard InChI is InChI=1S/C14H23N3O3S/c1-9-8-12(15)11(3)14(10(9)2)21(19,20)17(5)7-6-13(18)16-4/h8H,6-7,15H2,1-5H3,(H,16,18). The Kier molecular flexibility index (Phi) is 5.36. The van der Waals surface area contributed by atoms with Gasteiger partial charge in [-0.15, -0.1) is 0 Å². The van der Waals surface area contributed by atoms with E-state index in [2.05, 4.69) is 5.32 Å². The summed E-state index contributed by atoms with van der Waals surface area (Å²) in [5, 5.41) is 2.47. The Balaban J connectivity index is 3.22. The van der Waals surface area contributed by atoms with E-state index < -0.39 is 10.0 Å². The lowest BCUT2D eigenvalue weighted by Crippen LogP contribution is -2.32. The van der Waals surface area contributed by atoms with Crippen LogP contribution in [0.1, 0.15) is 23.1 Å². The number of rotatable bonds is 5. The van der Waals surface area contributed by atoms with Crippen molar-refractivity contribution in [3.63, 3.8) is 0 Å². The van der Waals surface area contributed by atoms with Crippen molar-refractivity contribution in [2.45, 2.75) is 32.1 Å². The molecule has 0 aliphatic heterocycles. The molecule has 1 aromatic rings. The minimum absolute atomic E-state index is 0.117. The number of aryl methyl sites for hydroxylation is 1. The molecule has 3 N–H and O–H groups in total. The topological polar surface area (TPSA) is 92.5 Å². The molecular formula is C14H23N3O3S. The highest BCUT2D eigenvalue weighted by Crippen LogP contribution is 2.29. The first-order valence-corrected chi connectivity index (χ1v) is 8.10. The summed E-state index contributed by atoms with van der Waals surface area (Å²) in [4.78, 5) is 11.5. The first-order chi connectivity index (χ1) is 9.62. The van der Waals surface area contributed by atoms with Crippen LogP contribution in [0.25, 0.3) is 0 Å². The van der Waals surface area contributed by atoms with Crippen LogP contribution in [-0.2, 0) is 14.8 Å². The van der Waals surface area contributed by atoms with Crippen molar-refractivity contribution in [2.24, 2.45) is 0 Å². The van der Waals surface area contributed by atoms with Crippen molar-refractivity contribution in [1.82, 2.24) is 9.62 Å². The Morgan fingerprint density at radius 3 is 2.38 bits per heavy atom. The summed E-state index contributed by atoms with van der Waals surface area (Å²) in [6, 6.07) is 1.77. The Bertz CT molecular complexity index is 628. The van der Waals surface area contributed by atoms with Gasteiger partial charge in [0.1, 0.15) is 0 Å². The number of nitrogen functional groups attached to an aromatic ring is 1. The summed E-state index contributed by atoms with van der Waals surface area (Å²) in [6.07, 6.45) is 0.117. The molecular weight excluding hydrogens is 290 g/mol. The first kappa shape index (κ1) is 17.5. The monoisotopic (exact) mass is 313 g/mol. The van der Waals surface area contributed by atoms with Crippen LogP contribution in [0, 0.1) is 20.8 Å². The van der Waals surface area contributed by atoms with E-state index in [1.165, 1.54) is 18.4 Å². The zero-order valence-electron chi connectivity index (χ0n) is 13.1. The van der Waals surface area contributed by atoms with E-state index in [0.29, 0.717) is 16.8 Å². The molecule has 6 nitrogen and oxygen atoms in total. The highest BCUT2D eigenvalue weighted by Gasteiger charge is 2.26. The second-order valence-electron chi connectivity index (χ2n) is 5.11. The van der Waals surface area contributed by atoms with Crippen molar-refractivity contribution >= 4 is 21.6 Å². The molecule has 7 heteroatoms. The van der Waals surface area contributed by atoms with Gasteiger partial charge in [-0.1, -0.05) is 0 Å². The molecule has 0 saturated carbocycles. The predicted octanol–water partition coefficient (Wildman–Crippen LogP) is 0.951. The van der Waals surface area contributed by atoms with Crippen molar-refractivity contribution in [2.75, 3.05) is 26.4 Å². The maximum Gasteiger partial charge on any atom is 0.243 e. The minimum atomic E-state index is -3.68. The number of carbonyl (C=O) groups is 1. The van der Waals surface area contributed by atoms with Gasteiger partial charge in [0.05, 0.1) is 4.90 Å². The smallest absolute Gasteiger partial charge is 0.243 e. The van der Waals surface area contributed by atoms with Crippen LogP contribution in [0.15, 0.2) is 11.0 Å². The maximum atomic E-state index is 12.7. The molecule has 0 heterocycles. The average Bonchev–Trinajstić information content (AvgIpc) is 2.42. The Hall–Kier alpha value is -1.60. The summed E-state index contributed by atoms with van der Waals surface area (Å²) in [5.41, 5.74) is 8.40. The van der Waals surface area contributed by atoms with Gasteiger partial charge in [-0.3, -0.25) is 4.79 Å². The van der Waals surface area contributed by atoms with Gasteiger partial charge in [-0.25, -0.2) is 12.7 Å². The first-order valence-electron chi connectivity index (χ1n) is 6.66. The number of sulfonamides is 1. The van der Waals surface area contributed by atoms with E-state index in [0.717, 1.165) is 5.56 Å². The van der Waals surface area contributed by atoms with E-state index in [4.69, 9.17) is 5.73 Å². The van der Waals surface area contributed by atoms with Crippen LogP contribution >= 0.6 is 0 Å². The predicted molar refractivity (Wildman–Crippen MR) is 83.6 cm³/mol. The molecule has 0 bridgehead atoms. The van der Waals surface area contributed by atoms with Crippen molar-refractivity contribution < 1.29 is 13.2 Å². The molecule has 118 valence electrons. The van der Waals surface area contributed by atoms with Gasteiger partial charge in [0.15, 0.2) is 0 Å². The molecule has 21 heavy (non-hydrogen) atoms. The zero-order valence-corrected chi connectivity index (χ0v) is 14.0. The number of nitrogens with one attached hydrogen (secondary N) is 1. The van der Waals surface area contributed by atoms with Gasteiger partial charge in [0, 0.05) is 32.7 Å². The van der Waals surface area contributed by atoms with Gasteiger partial charge >= 0.3 is 0 Å². The lowest BCUT2D eigenvalue weighted by atomic mass is 10.1. The molecule has 0 spiro atoms. The third-order valence-corrected chi connectivity index (χ3v) is 5.81. The summed E-state index contributed by atoms with van der Waals surface area (Å²) < 4.78 is 26.6. The van der Waals surface area contributed by atoms with Crippen LogP contribution in [-0.4, -0.2) is 39.3 Å². The molecule has 1 aromatic carbocycles. The van der Waals surface area contributed by atoms with Crippen LogP contribution in [0.2, 0.25) is 0 Å². The number of hydrogen-bond acceptors (Lipinski definition) is 4. The average molecular weight is 313 g/mol. The summed E-state index contributed by atoms with van der Waals surface area (Å²) in [6.45, 7) is 5.41. The van der Waals surface area contributed by atoms with Crippen LogP contribution in [0.3, 0.4) is 0 Å². The molecule has 0 aliphatic rings. The summed E-state index contributed by atoms with van der Waals surface area (Å²) >= 11 is 0. The second-order valence-corrected chi connectivity index (χ2v) is 7.09. The molecule has 1 amide bonds. The third kappa shape index (κ3) is 3.54. The molecule has 0 fully saturated rings. The van der Waals surface area contributed by atoms with Crippen molar-refractivity contribution in [1.29, 1.82) is 0 Å². The molecule has 0 atom stereocenters. The molecule has 1 rings (SSSR count). The van der Waals surface area contributed by atoms with E-state index in [1.807, 2.05) is 6.92 Å². The van der Waals surface area contributed by atoms with E-state index >= 15 is 0 Å². The zero-order chi connectivity index (χ0) is 16.4. The Morgan fingerprint density at radius 2 is 1.86 bits per heavy atom. The molecule has 0 radical (unpaired) electrons. The summed E-state index contributed by atoms with van der Waals surface area (Å²) in [7, 11) is -0.688. The Morgan fingerprint density at radius 1 is 1.29 bits per heavy atom. The van der Waals surface area contributed by atoms with Gasteiger partial charge in [-0.2, -0.15) is 0 Å². The number of amides is 1. The van der Waals surface area contributed by atoms with Gasteiger partial charge in [0.2, 0.25) is 15.9 Å². The van der Waals surface area contributed by atoms with Gasteiger partial charge in [-0.05, 0) is 43.5 Å². The third-order valence-electron chi connectivity index (χ3n) is 3.68. The number of anilines is 1. The fourth-order valence-electron chi connectivity index (χ4n) is 2.09. The highest BCUT2D eigenvalue weighted by atomic mass is 32.2. The number of benzene rings is 1. The van der Waals surface area contributed by atoms with Crippen LogP contribution < -0.4 is 11.1 Å². The second kappa shape index (κ2) is 6.44. The van der Waals surface area contributed by atoms with E-state index in [9.17, 15) is 13.2 Å². The number of hydrogen-bond donors (Lipinski definition) is 2.